The lowest BCUT2D eigenvalue weighted by Crippen LogP contribution is -2.18. The van der Waals surface area contributed by atoms with E-state index in [2.05, 4.69) is 35.1 Å². The Bertz CT molecular complexity index is 566. The minimum Gasteiger partial charge on any atom is -0.462 e. The molecule has 0 spiro atoms. The monoisotopic (exact) mass is 349 g/mol. The molecule has 5 heteroatoms. The maximum absolute atomic E-state index is 6.29. The lowest BCUT2D eigenvalue weighted by atomic mass is 10.1. The molecule has 2 rings (SSSR count). The van der Waals surface area contributed by atoms with Crippen LogP contribution in [0.4, 0.5) is 0 Å². The number of nitrogens with one attached hydrogen (secondary N) is 1. The van der Waals surface area contributed by atoms with Gasteiger partial charge >= 0.3 is 0 Å². The summed E-state index contributed by atoms with van der Waals surface area (Å²) in [7, 11) is 0. The Morgan fingerprint density at radius 3 is 2.78 bits per heavy atom. The normalized spacial score (nSPS) is 11.7. The molecule has 1 N–H and O–H groups in total. The molecule has 1 heterocycles. The zero-order valence-electron chi connectivity index (χ0n) is 10.2. The Morgan fingerprint density at radius 1 is 1.39 bits per heavy atom. The molecule has 0 amide bonds. The van der Waals surface area contributed by atoms with Crippen molar-refractivity contribution in [2.45, 2.75) is 20.4 Å². The Balaban J connectivity index is 2.34. The molecule has 0 unspecified atom stereocenters. The van der Waals surface area contributed by atoms with Crippen molar-refractivity contribution in [2.24, 2.45) is 5.92 Å². The Labute approximate surface area is 125 Å². The van der Waals surface area contributed by atoms with E-state index in [4.69, 9.17) is 27.6 Å². The summed E-state index contributed by atoms with van der Waals surface area (Å²) in [6, 6.07) is 1.75. The van der Waals surface area contributed by atoms with Crippen molar-refractivity contribution in [3.63, 3.8) is 0 Å². The van der Waals surface area contributed by atoms with Crippen molar-refractivity contribution >= 4 is 50.1 Å². The number of halogens is 3. The molecule has 98 valence electrons. The number of fused-ring (bicyclic) bond motifs is 1. The smallest absolute Gasteiger partial charge is 0.154 e. The fourth-order valence-corrected chi connectivity index (χ4v) is 2.86. The quantitative estimate of drug-likeness (QED) is 0.762. The van der Waals surface area contributed by atoms with Gasteiger partial charge in [-0.3, -0.25) is 0 Å². The minimum absolute atomic E-state index is 0.566. The highest BCUT2D eigenvalue weighted by molar-refractivity contribution is 9.10. The van der Waals surface area contributed by atoms with Crippen LogP contribution >= 0.6 is 39.1 Å². The lowest BCUT2D eigenvalue weighted by molar-refractivity contribution is 0.547. The second-order valence-corrected chi connectivity index (χ2v) is 6.28. The first kappa shape index (κ1) is 14.2. The molecule has 1 aromatic heterocycles. The van der Waals surface area contributed by atoms with Gasteiger partial charge in [0.2, 0.25) is 0 Å². The Morgan fingerprint density at radius 2 is 2.11 bits per heavy atom. The van der Waals surface area contributed by atoms with Gasteiger partial charge in [-0.15, -0.1) is 0 Å². The first-order chi connectivity index (χ1) is 8.50. The van der Waals surface area contributed by atoms with Gasteiger partial charge in [0.25, 0.3) is 0 Å². The molecule has 0 aliphatic rings. The molecule has 0 saturated heterocycles. The number of hydrogen-bond donors (Lipinski definition) is 1. The van der Waals surface area contributed by atoms with Crippen molar-refractivity contribution in [3.05, 3.63) is 32.4 Å². The third-order valence-electron chi connectivity index (χ3n) is 2.63. The van der Waals surface area contributed by atoms with Crippen LogP contribution in [0.15, 0.2) is 21.2 Å². The van der Waals surface area contributed by atoms with Crippen molar-refractivity contribution in [1.82, 2.24) is 5.32 Å². The van der Waals surface area contributed by atoms with E-state index in [9.17, 15) is 0 Å². The molecule has 0 aliphatic heterocycles. The predicted octanol–water partition coefficient (Wildman–Crippen LogP) is 5.25. The van der Waals surface area contributed by atoms with E-state index in [1.807, 2.05) is 0 Å². The largest absolute Gasteiger partial charge is 0.462 e. The predicted molar refractivity (Wildman–Crippen MR) is 80.5 cm³/mol. The maximum Gasteiger partial charge on any atom is 0.154 e. The maximum atomic E-state index is 6.29. The van der Waals surface area contributed by atoms with E-state index < -0.39 is 0 Å². The van der Waals surface area contributed by atoms with Crippen LogP contribution in [0, 0.1) is 5.92 Å². The van der Waals surface area contributed by atoms with Crippen LogP contribution in [0.2, 0.25) is 10.0 Å². The van der Waals surface area contributed by atoms with E-state index in [0.29, 0.717) is 21.5 Å². The van der Waals surface area contributed by atoms with E-state index >= 15 is 0 Å². The van der Waals surface area contributed by atoms with Gasteiger partial charge in [-0.05, 0) is 34.5 Å². The highest BCUT2D eigenvalue weighted by Gasteiger charge is 2.15. The van der Waals surface area contributed by atoms with Gasteiger partial charge in [0, 0.05) is 22.0 Å². The Hall–Kier alpha value is -0.220. The molecule has 0 atom stereocenters. The van der Waals surface area contributed by atoms with Crippen LogP contribution in [0.3, 0.4) is 0 Å². The van der Waals surface area contributed by atoms with Gasteiger partial charge < -0.3 is 9.73 Å². The second kappa shape index (κ2) is 5.83. The standard InChI is InChI=1S/C13H14BrCl2NO/c1-7(2)4-17-5-8-6-18-13-10(15)3-9(14)12(16)11(8)13/h3,6-7,17H,4-5H2,1-2H3. The van der Waals surface area contributed by atoms with Gasteiger partial charge in [-0.25, -0.2) is 0 Å². The second-order valence-electron chi connectivity index (χ2n) is 4.64. The van der Waals surface area contributed by atoms with E-state index in [-0.39, 0.29) is 0 Å². The fraction of sp³-hybridized carbons (Fsp3) is 0.385. The third-order valence-corrected chi connectivity index (χ3v) is 4.16. The van der Waals surface area contributed by atoms with E-state index in [1.165, 1.54) is 0 Å². The first-order valence-corrected chi connectivity index (χ1v) is 7.30. The molecular weight excluding hydrogens is 337 g/mol. The van der Waals surface area contributed by atoms with Crippen LogP contribution in [-0.2, 0) is 6.54 Å². The van der Waals surface area contributed by atoms with E-state index in [0.717, 1.165) is 28.5 Å². The highest BCUT2D eigenvalue weighted by atomic mass is 79.9. The number of hydrogen-bond acceptors (Lipinski definition) is 2. The molecule has 0 bridgehead atoms. The van der Waals surface area contributed by atoms with Gasteiger partial charge in [0.05, 0.1) is 16.3 Å². The average molecular weight is 351 g/mol. The fourth-order valence-electron chi connectivity index (χ4n) is 1.80. The van der Waals surface area contributed by atoms with Crippen LogP contribution in [0.25, 0.3) is 11.0 Å². The van der Waals surface area contributed by atoms with Crippen molar-refractivity contribution in [1.29, 1.82) is 0 Å². The van der Waals surface area contributed by atoms with Crippen LogP contribution < -0.4 is 5.32 Å². The molecule has 1 aromatic carbocycles. The highest BCUT2D eigenvalue weighted by Crippen LogP contribution is 2.38. The van der Waals surface area contributed by atoms with Crippen LogP contribution in [0.5, 0.6) is 0 Å². The third kappa shape index (κ3) is 2.85. The molecular formula is C13H14BrCl2NO. The summed E-state index contributed by atoms with van der Waals surface area (Å²) in [4.78, 5) is 0. The number of rotatable bonds is 4. The average Bonchev–Trinajstić information content (AvgIpc) is 2.70. The van der Waals surface area contributed by atoms with Gasteiger partial charge in [0.1, 0.15) is 0 Å². The summed E-state index contributed by atoms with van der Waals surface area (Å²) in [6.07, 6.45) is 1.71. The molecule has 0 aliphatic carbocycles. The summed E-state index contributed by atoms with van der Waals surface area (Å²) < 4.78 is 6.28. The summed E-state index contributed by atoms with van der Waals surface area (Å²) >= 11 is 15.8. The molecule has 0 radical (unpaired) electrons. The summed E-state index contributed by atoms with van der Waals surface area (Å²) in [5, 5.41) is 5.46. The van der Waals surface area contributed by atoms with E-state index in [1.54, 1.807) is 12.3 Å². The topological polar surface area (TPSA) is 25.2 Å². The molecule has 0 saturated carbocycles. The van der Waals surface area contributed by atoms with Crippen molar-refractivity contribution in [2.75, 3.05) is 6.54 Å². The Kier molecular flexibility index (Phi) is 4.59. The summed E-state index contributed by atoms with van der Waals surface area (Å²) in [6.45, 7) is 6.01. The molecule has 2 nitrogen and oxygen atoms in total. The summed E-state index contributed by atoms with van der Waals surface area (Å²) in [5.74, 6) is 0.606. The van der Waals surface area contributed by atoms with Crippen molar-refractivity contribution in [3.8, 4) is 0 Å². The van der Waals surface area contributed by atoms with Gasteiger partial charge in [-0.2, -0.15) is 0 Å². The number of benzene rings is 1. The first-order valence-electron chi connectivity index (χ1n) is 5.75. The van der Waals surface area contributed by atoms with Gasteiger partial charge in [-0.1, -0.05) is 37.0 Å². The lowest BCUT2D eigenvalue weighted by Gasteiger charge is -2.07. The van der Waals surface area contributed by atoms with Crippen molar-refractivity contribution < 1.29 is 4.42 Å². The zero-order chi connectivity index (χ0) is 13.3. The SMILES string of the molecule is CC(C)CNCc1coc2c(Cl)cc(Br)c(Cl)c12. The van der Waals surface area contributed by atoms with Crippen LogP contribution in [-0.4, -0.2) is 6.54 Å². The number of furan rings is 1. The van der Waals surface area contributed by atoms with Crippen LogP contribution in [0.1, 0.15) is 19.4 Å². The summed E-state index contributed by atoms with van der Waals surface area (Å²) in [5.41, 5.74) is 1.67. The molecule has 0 fully saturated rings. The minimum atomic E-state index is 0.566. The molecule has 18 heavy (non-hydrogen) atoms. The molecule has 2 aromatic rings. The van der Waals surface area contributed by atoms with Gasteiger partial charge in [0.15, 0.2) is 5.58 Å². The zero-order valence-corrected chi connectivity index (χ0v) is 13.3.